The topological polar surface area (TPSA) is 40.5 Å². The lowest BCUT2D eigenvalue weighted by molar-refractivity contribution is 0.0697. The first kappa shape index (κ1) is 19.8. The molecule has 2 unspecified atom stereocenters. The standard InChI is InChI=1S/C27H33NO2/c29-26(30)23-10-7-21(8-11-23)19-28-16-13-20(14-17-28)9-12-24-18-27(24)15-3-5-22-4-1-2-6-25(22)27/h1-2,4,6-8,10-11,20,24H,3,5,9,12-19H2,(H,29,30). The Labute approximate surface area is 180 Å². The van der Waals surface area contributed by atoms with Crippen molar-refractivity contribution < 1.29 is 9.90 Å². The van der Waals surface area contributed by atoms with Crippen LogP contribution in [-0.2, 0) is 18.4 Å². The zero-order valence-corrected chi connectivity index (χ0v) is 17.9. The van der Waals surface area contributed by atoms with Gasteiger partial charge in [0.25, 0.3) is 0 Å². The molecule has 3 aliphatic rings. The van der Waals surface area contributed by atoms with E-state index in [4.69, 9.17) is 5.11 Å². The van der Waals surface area contributed by atoms with Crippen molar-refractivity contribution in [3.05, 3.63) is 70.8 Å². The lowest BCUT2D eigenvalue weighted by Gasteiger charge is -2.32. The zero-order valence-electron chi connectivity index (χ0n) is 17.9. The zero-order chi connectivity index (χ0) is 20.6. The number of hydrogen-bond acceptors (Lipinski definition) is 2. The van der Waals surface area contributed by atoms with E-state index in [1.54, 1.807) is 23.3 Å². The van der Waals surface area contributed by atoms with Crippen LogP contribution in [0.4, 0.5) is 0 Å². The fourth-order valence-electron chi connectivity index (χ4n) is 6.23. The van der Waals surface area contributed by atoms with E-state index in [0.717, 1.165) is 18.4 Å². The third-order valence-corrected chi connectivity index (χ3v) is 8.09. The van der Waals surface area contributed by atoms with Crippen LogP contribution in [0.25, 0.3) is 0 Å². The first-order chi connectivity index (χ1) is 14.6. The summed E-state index contributed by atoms with van der Waals surface area (Å²) in [4.78, 5) is 13.5. The SMILES string of the molecule is O=C(O)c1ccc(CN2CCC(CCC3CC34CCCc3ccccc34)CC2)cc1. The van der Waals surface area contributed by atoms with Crippen molar-refractivity contribution in [2.24, 2.45) is 11.8 Å². The van der Waals surface area contributed by atoms with Gasteiger partial charge in [0.1, 0.15) is 0 Å². The van der Waals surface area contributed by atoms with E-state index in [1.165, 1.54) is 70.0 Å². The van der Waals surface area contributed by atoms with Crippen molar-refractivity contribution >= 4 is 5.97 Å². The van der Waals surface area contributed by atoms with Crippen molar-refractivity contribution in [2.75, 3.05) is 13.1 Å². The highest BCUT2D eigenvalue weighted by atomic mass is 16.4. The van der Waals surface area contributed by atoms with Crippen molar-refractivity contribution in [1.82, 2.24) is 4.90 Å². The molecule has 1 saturated carbocycles. The maximum Gasteiger partial charge on any atom is 0.335 e. The molecule has 158 valence electrons. The third-order valence-electron chi connectivity index (χ3n) is 8.09. The maximum atomic E-state index is 11.0. The normalized spacial score (nSPS) is 26.5. The van der Waals surface area contributed by atoms with Crippen LogP contribution in [0.5, 0.6) is 0 Å². The van der Waals surface area contributed by atoms with E-state index in [1.807, 2.05) is 12.1 Å². The second kappa shape index (κ2) is 8.19. The highest BCUT2D eigenvalue weighted by molar-refractivity contribution is 5.87. The molecule has 1 heterocycles. The van der Waals surface area contributed by atoms with Crippen LogP contribution >= 0.6 is 0 Å². The minimum atomic E-state index is -0.850. The molecular formula is C27H33NO2. The van der Waals surface area contributed by atoms with E-state index in [9.17, 15) is 4.79 Å². The van der Waals surface area contributed by atoms with Crippen molar-refractivity contribution in [3.8, 4) is 0 Å². The molecule has 3 nitrogen and oxygen atoms in total. The molecule has 1 N–H and O–H groups in total. The molecule has 3 heteroatoms. The number of likely N-dealkylation sites (tertiary alicyclic amines) is 1. The van der Waals surface area contributed by atoms with Gasteiger partial charge in [0.15, 0.2) is 0 Å². The molecule has 1 aliphatic heterocycles. The third kappa shape index (κ3) is 3.92. The fourth-order valence-corrected chi connectivity index (χ4v) is 6.23. The summed E-state index contributed by atoms with van der Waals surface area (Å²) in [7, 11) is 0. The average molecular weight is 404 g/mol. The molecule has 0 aromatic heterocycles. The predicted molar refractivity (Wildman–Crippen MR) is 120 cm³/mol. The smallest absolute Gasteiger partial charge is 0.335 e. The summed E-state index contributed by atoms with van der Waals surface area (Å²) < 4.78 is 0. The number of aromatic carboxylic acids is 1. The number of piperidine rings is 1. The first-order valence-corrected chi connectivity index (χ1v) is 11.8. The van der Waals surface area contributed by atoms with E-state index in [0.29, 0.717) is 11.0 Å². The van der Waals surface area contributed by atoms with Crippen LogP contribution in [-0.4, -0.2) is 29.1 Å². The maximum absolute atomic E-state index is 11.0. The van der Waals surface area contributed by atoms with Crippen molar-refractivity contribution in [1.29, 1.82) is 0 Å². The number of hydrogen-bond donors (Lipinski definition) is 1. The number of aryl methyl sites for hydroxylation is 1. The Balaban J connectivity index is 1.08. The van der Waals surface area contributed by atoms with Crippen LogP contribution in [0.1, 0.15) is 72.0 Å². The number of fused-ring (bicyclic) bond motifs is 2. The molecule has 2 atom stereocenters. The molecule has 0 radical (unpaired) electrons. The number of carboxylic acid groups (broad SMARTS) is 1. The molecular weight excluding hydrogens is 370 g/mol. The first-order valence-electron chi connectivity index (χ1n) is 11.8. The summed E-state index contributed by atoms with van der Waals surface area (Å²) in [5.41, 5.74) is 5.43. The molecule has 0 bridgehead atoms. The highest BCUT2D eigenvalue weighted by Gasteiger charge is 2.55. The Hall–Kier alpha value is -2.13. The summed E-state index contributed by atoms with van der Waals surface area (Å²) in [5.74, 6) is 0.952. The van der Waals surface area contributed by atoms with Crippen molar-refractivity contribution in [3.63, 3.8) is 0 Å². The molecule has 2 aromatic carbocycles. The molecule has 2 aromatic rings. The van der Waals surface area contributed by atoms with Gasteiger partial charge in [-0.05, 0) is 104 Å². The second-order valence-corrected chi connectivity index (χ2v) is 9.87. The van der Waals surface area contributed by atoms with Crippen LogP contribution in [0, 0.1) is 11.8 Å². The van der Waals surface area contributed by atoms with Gasteiger partial charge in [-0.2, -0.15) is 0 Å². The van der Waals surface area contributed by atoms with E-state index >= 15 is 0 Å². The van der Waals surface area contributed by atoms with Crippen LogP contribution in [0.15, 0.2) is 48.5 Å². The Morgan fingerprint density at radius 3 is 2.57 bits per heavy atom. The Bertz CT molecular complexity index is 897. The quantitative estimate of drug-likeness (QED) is 0.675. The number of benzene rings is 2. The monoisotopic (exact) mass is 403 g/mol. The minimum Gasteiger partial charge on any atom is -0.478 e. The Kier molecular flexibility index (Phi) is 5.41. The number of carboxylic acids is 1. The molecule has 2 aliphatic carbocycles. The van der Waals surface area contributed by atoms with E-state index in [2.05, 4.69) is 29.2 Å². The van der Waals surface area contributed by atoms with Crippen molar-refractivity contribution in [2.45, 2.75) is 63.3 Å². The van der Waals surface area contributed by atoms with Gasteiger partial charge in [-0.1, -0.05) is 42.8 Å². The van der Waals surface area contributed by atoms with Gasteiger partial charge in [0.2, 0.25) is 0 Å². The highest BCUT2D eigenvalue weighted by Crippen LogP contribution is 2.62. The lowest BCUT2D eigenvalue weighted by Crippen LogP contribution is -2.33. The molecule has 1 saturated heterocycles. The molecule has 2 fully saturated rings. The molecule has 30 heavy (non-hydrogen) atoms. The summed E-state index contributed by atoms with van der Waals surface area (Å²) in [5, 5.41) is 9.04. The summed E-state index contributed by atoms with van der Waals surface area (Å²) in [6, 6.07) is 16.6. The van der Waals surface area contributed by atoms with Crippen LogP contribution in [0.3, 0.4) is 0 Å². The van der Waals surface area contributed by atoms with E-state index < -0.39 is 5.97 Å². The van der Waals surface area contributed by atoms with Gasteiger partial charge in [-0.15, -0.1) is 0 Å². The van der Waals surface area contributed by atoms with Gasteiger partial charge < -0.3 is 5.11 Å². The fraction of sp³-hybridized carbons (Fsp3) is 0.519. The second-order valence-electron chi connectivity index (χ2n) is 9.87. The summed E-state index contributed by atoms with van der Waals surface area (Å²) in [6.45, 7) is 3.28. The Morgan fingerprint density at radius 2 is 1.80 bits per heavy atom. The van der Waals surface area contributed by atoms with E-state index in [-0.39, 0.29) is 0 Å². The molecule has 1 spiro atoms. The van der Waals surface area contributed by atoms with Gasteiger partial charge in [0, 0.05) is 6.54 Å². The largest absolute Gasteiger partial charge is 0.478 e. The van der Waals surface area contributed by atoms with Gasteiger partial charge in [-0.25, -0.2) is 4.79 Å². The predicted octanol–water partition coefficient (Wildman–Crippen LogP) is 5.67. The summed E-state index contributed by atoms with van der Waals surface area (Å²) in [6.07, 6.45) is 10.9. The van der Waals surface area contributed by atoms with Crippen LogP contribution in [0.2, 0.25) is 0 Å². The lowest BCUT2D eigenvalue weighted by atomic mass is 9.77. The number of carbonyl (C=O) groups is 1. The van der Waals surface area contributed by atoms with Gasteiger partial charge in [-0.3, -0.25) is 4.90 Å². The minimum absolute atomic E-state index is 0.371. The van der Waals surface area contributed by atoms with Gasteiger partial charge >= 0.3 is 5.97 Å². The molecule has 5 rings (SSSR count). The van der Waals surface area contributed by atoms with Gasteiger partial charge in [0.05, 0.1) is 5.56 Å². The average Bonchev–Trinajstić information content (AvgIpc) is 3.47. The Morgan fingerprint density at radius 1 is 1.03 bits per heavy atom. The molecule has 0 amide bonds. The van der Waals surface area contributed by atoms with Crippen LogP contribution < -0.4 is 0 Å². The number of nitrogens with zero attached hydrogens (tertiary/aromatic N) is 1. The number of rotatable bonds is 6. The summed E-state index contributed by atoms with van der Waals surface area (Å²) >= 11 is 0.